The van der Waals surface area contributed by atoms with Gasteiger partial charge in [0, 0.05) is 31.5 Å². The van der Waals surface area contributed by atoms with Crippen molar-refractivity contribution in [3.8, 4) is 0 Å². The van der Waals surface area contributed by atoms with Gasteiger partial charge in [0.05, 0.1) is 10.6 Å². The van der Waals surface area contributed by atoms with Crippen molar-refractivity contribution >= 4 is 57.6 Å². The molecule has 1 aliphatic rings. The predicted molar refractivity (Wildman–Crippen MR) is 102 cm³/mol. The standard InChI is InChI=1S/C17H15N3O2S2/c1-11(21)18-12-5-7-13(8-6-12)20-16(22)15(24-17(20)23)10-14-4-3-9-19(14)2/h3-10H,1-2H3,(H,18,21)/b15-10+. The lowest BCUT2D eigenvalue weighted by molar-refractivity contribution is -0.114. The lowest BCUT2D eigenvalue weighted by Gasteiger charge is -2.15. The molecule has 24 heavy (non-hydrogen) atoms. The van der Waals surface area contributed by atoms with Gasteiger partial charge in [-0.2, -0.15) is 0 Å². The van der Waals surface area contributed by atoms with E-state index < -0.39 is 0 Å². The van der Waals surface area contributed by atoms with Crippen molar-refractivity contribution in [3.63, 3.8) is 0 Å². The first-order valence-electron chi connectivity index (χ1n) is 7.22. The van der Waals surface area contributed by atoms with Crippen LogP contribution in [-0.2, 0) is 16.6 Å². The van der Waals surface area contributed by atoms with Crippen LogP contribution in [0.3, 0.4) is 0 Å². The van der Waals surface area contributed by atoms with E-state index >= 15 is 0 Å². The summed E-state index contributed by atoms with van der Waals surface area (Å²) in [6.45, 7) is 1.45. The minimum absolute atomic E-state index is 0.140. The van der Waals surface area contributed by atoms with Crippen LogP contribution >= 0.6 is 24.0 Å². The lowest BCUT2D eigenvalue weighted by atomic mass is 10.2. The molecule has 1 fully saturated rings. The number of aryl methyl sites for hydroxylation is 1. The smallest absolute Gasteiger partial charge is 0.270 e. The SMILES string of the molecule is CC(=O)Nc1ccc(N2C(=O)/C(=C\c3cccn3C)SC2=S)cc1. The summed E-state index contributed by atoms with van der Waals surface area (Å²) in [7, 11) is 1.92. The monoisotopic (exact) mass is 357 g/mol. The van der Waals surface area contributed by atoms with Crippen LogP contribution in [0, 0.1) is 0 Å². The fraction of sp³-hybridized carbons (Fsp3) is 0.118. The van der Waals surface area contributed by atoms with Crippen molar-refractivity contribution in [1.29, 1.82) is 0 Å². The number of nitrogens with zero attached hydrogens (tertiary/aromatic N) is 2. The van der Waals surface area contributed by atoms with Crippen LogP contribution in [0.5, 0.6) is 0 Å². The maximum atomic E-state index is 12.7. The number of nitrogens with one attached hydrogen (secondary N) is 1. The summed E-state index contributed by atoms with van der Waals surface area (Å²) in [5.41, 5.74) is 2.30. The molecule has 2 aromatic rings. The third kappa shape index (κ3) is 3.27. The molecule has 0 atom stereocenters. The van der Waals surface area contributed by atoms with Gasteiger partial charge in [-0.15, -0.1) is 0 Å². The fourth-order valence-corrected chi connectivity index (χ4v) is 3.63. The van der Waals surface area contributed by atoms with Crippen molar-refractivity contribution in [3.05, 3.63) is 53.2 Å². The zero-order valence-electron chi connectivity index (χ0n) is 13.1. The highest BCUT2D eigenvalue weighted by Gasteiger charge is 2.33. The van der Waals surface area contributed by atoms with Crippen molar-refractivity contribution < 1.29 is 9.59 Å². The molecule has 0 radical (unpaired) electrons. The van der Waals surface area contributed by atoms with Crippen molar-refractivity contribution in [2.75, 3.05) is 10.2 Å². The van der Waals surface area contributed by atoms with Gasteiger partial charge in [-0.05, 0) is 42.5 Å². The number of benzene rings is 1. The molecular formula is C17H15N3O2S2. The Balaban J connectivity index is 1.85. The number of amides is 2. The highest BCUT2D eigenvalue weighted by atomic mass is 32.2. The average molecular weight is 357 g/mol. The first-order valence-corrected chi connectivity index (χ1v) is 8.45. The van der Waals surface area contributed by atoms with E-state index in [1.54, 1.807) is 24.3 Å². The van der Waals surface area contributed by atoms with Gasteiger partial charge in [-0.25, -0.2) is 0 Å². The van der Waals surface area contributed by atoms with E-state index in [1.165, 1.54) is 23.6 Å². The molecule has 122 valence electrons. The molecule has 0 saturated carbocycles. The van der Waals surface area contributed by atoms with Gasteiger partial charge in [0.15, 0.2) is 4.32 Å². The van der Waals surface area contributed by atoms with Gasteiger partial charge in [-0.1, -0.05) is 24.0 Å². The van der Waals surface area contributed by atoms with Crippen LogP contribution in [0.4, 0.5) is 11.4 Å². The molecule has 0 spiro atoms. The number of carbonyl (C=O) groups is 2. The van der Waals surface area contributed by atoms with E-state index in [-0.39, 0.29) is 11.8 Å². The Kier molecular flexibility index (Phi) is 4.55. The Morgan fingerprint density at radius 2 is 1.96 bits per heavy atom. The summed E-state index contributed by atoms with van der Waals surface area (Å²) in [4.78, 5) is 25.9. The number of thioether (sulfide) groups is 1. The molecule has 0 unspecified atom stereocenters. The molecule has 3 rings (SSSR count). The van der Waals surface area contributed by atoms with E-state index in [4.69, 9.17) is 12.2 Å². The number of rotatable bonds is 3. The molecule has 7 heteroatoms. The van der Waals surface area contributed by atoms with Gasteiger partial charge >= 0.3 is 0 Å². The Hall–Kier alpha value is -2.38. The van der Waals surface area contributed by atoms with E-state index in [0.717, 1.165) is 5.69 Å². The summed E-state index contributed by atoms with van der Waals surface area (Å²) >= 11 is 6.64. The molecule has 1 aromatic carbocycles. The van der Waals surface area contributed by atoms with Gasteiger partial charge in [0.1, 0.15) is 0 Å². The summed E-state index contributed by atoms with van der Waals surface area (Å²) in [6.07, 6.45) is 3.76. The predicted octanol–water partition coefficient (Wildman–Crippen LogP) is 3.39. The number of aromatic nitrogens is 1. The van der Waals surface area contributed by atoms with Crippen LogP contribution in [0.2, 0.25) is 0 Å². The van der Waals surface area contributed by atoms with Crippen LogP contribution in [0.15, 0.2) is 47.5 Å². The molecule has 0 aliphatic carbocycles. The minimum atomic E-state index is -0.140. The van der Waals surface area contributed by atoms with Gasteiger partial charge in [-0.3, -0.25) is 14.5 Å². The number of hydrogen-bond acceptors (Lipinski definition) is 4. The maximum absolute atomic E-state index is 12.7. The zero-order chi connectivity index (χ0) is 17.3. The summed E-state index contributed by atoms with van der Waals surface area (Å²) in [5.74, 6) is -0.280. The van der Waals surface area contributed by atoms with Gasteiger partial charge < -0.3 is 9.88 Å². The number of anilines is 2. The highest BCUT2D eigenvalue weighted by molar-refractivity contribution is 8.27. The van der Waals surface area contributed by atoms with Crippen molar-refractivity contribution in [1.82, 2.24) is 4.57 Å². The van der Waals surface area contributed by atoms with E-state index in [1.807, 2.05) is 36.0 Å². The second kappa shape index (κ2) is 6.62. The van der Waals surface area contributed by atoms with E-state index in [0.29, 0.717) is 20.6 Å². The molecule has 1 aromatic heterocycles. The van der Waals surface area contributed by atoms with Crippen molar-refractivity contribution in [2.24, 2.45) is 7.05 Å². The quantitative estimate of drug-likeness (QED) is 0.676. The minimum Gasteiger partial charge on any atom is -0.351 e. The fourth-order valence-electron chi connectivity index (χ4n) is 2.35. The second-order valence-corrected chi connectivity index (χ2v) is 6.96. The normalized spacial score (nSPS) is 16.1. The average Bonchev–Trinajstić information content (AvgIpc) is 3.04. The first-order chi connectivity index (χ1) is 11.5. The Labute approximate surface area is 149 Å². The molecular weight excluding hydrogens is 342 g/mol. The van der Waals surface area contributed by atoms with Gasteiger partial charge in [0.25, 0.3) is 5.91 Å². The Bertz CT molecular complexity index is 853. The molecule has 5 nitrogen and oxygen atoms in total. The number of carbonyl (C=O) groups excluding carboxylic acids is 2. The molecule has 1 saturated heterocycles. The van der Waals surface area contributed by atoms with E-state index in [9.17, 15) is 9.59 Å². The zero-order valence-corrected chi connectivity index (χ0v) is 14.8. The first kappa shape index (κ1) is 16.5. The molecule has 0 bridgehead atoms. The Morgan fingerprint density at radius 1 is 1.25 bits per heavy atom. The van der Waals surface area contributed by atoms with Crippen LogP contribution in [0.25, 0.3) is 6.08 Å². The van der Waals surface area contributed by atoms with Crippen LogP contribution in [0.1, 0.15) is 12.6 Å². The second-order valence-electron chi connectivity index (χ2n) is 5.29. The summed E-state index contributed by atoms with van der Waals surface area (Å²) in [5, 5.41) is 2.70. The molecule has 1 aliphatic heterocycles. The maximum Gasteiger partial charge on any atom is 0.270 e. The number of hydrogen-bond donors (Lipinski definition) is 1. The van der Waals surface area contributed by atoms with Crippen LogP contribution < -0.4 is 10.2 Å². The summed E-state index contributed by atoms with van der Waals surface area (Å²) in [6, 6.07) is 10.9. The van der Waals surface area contributed by atoms with E-state index in [2.05, 4.69) is 5.32 Å². The lowest BCUT2D eigenvalue weighted by Crippen LogP contribution is -2.27. The Morgan fingerprint density at radius 3 is 2.54 bits per heavy atom. The topological polar surface area (TPSA) is 54.3 Å². The third-order valence-electron chi connectivity index (χ3n) is 3.50. The van der Waals surface area contributed by atoms with Crippen LogP contribution in [-0.4, -0.2) is 20.7 Å². The van der Waals surface area contributed by atoms with Crippen molar-refractivity contribution in [2.45, 2.75) is 6.92 Å². The largest absolute Gasteiger partial charge is 0.351 e. The third-order valence-corrected chi connectivity index (χ3v) is 4.80. The molecule has 1 N–H and O–H groups in total. The molecule has 2 amide bonds. The highest BCUT2D eigenvalue weighted by Crippen LogP contribution is 2.36. The summed E-state index contributed by atoms with van der Waals surface area (Å²) < 4.78 is 2.43. The van der Waals surface area contributed by atoms with Gasteiger partial charge in [0.2, 0.25) is 5.91 Å². The molecule has 2 heterocycles. The number of thiocarbonyl (C=S) groups is 1.